The highest BCUT2D eigenvalue weighted by Crippen LogP contribution is 2.30. The Morgan fingerprint density at radius 1 is 0.305 bits per heavy atom. The molecule has 0 amide bonds. The van der Waals surface area contributed by atoms with Crippen LogP contribution in [0.15, 0.2) is 73.4 Å². The van der Waals surface area contributed by atoms with E-state index in [4.69, 9.17) is 0 Å². The standard InChI is InChI=1S/C12H18.3C11H17N.C10H15N/c1-9-7-6-8-10(2)11(9)12(3,4)5;1-8-6-12-7-9(2)10(8)11(3,4)5;2*1-8-6-7-12-9(2)10(8)11(3,4)5;1-8-6-5-7-11-9(8)10(2,3)4/h6-8H,1-5H3;3*6-7H,1-5H3;5-7H,1-4H3. The molecule has 0 bridgehead atoms. The Balaban J connectivity index is 0.000000369. The lowest BCUT2D eigenvalue weighted by atomic mass is 9.81. The average molecular weight is 801 g/mol. The fourth-order valence-corrected chi connectivity index (χ4v) is 8.81. The van der Waals surface area contributed by atoms with Gasteiger partial charge < -0.3 is 0 Å². The van der Waals surface area contributed by atoms with Gasteiger partial charge in [-0.3, -0.25) is 19.9 Å². The summed E-state index contributed by atoms with van der Waals surface area (Å²) in [6.45, 7) is 52.6. The van der Waals surface area contributed by atoms with E-state index in [1.54, 1.807) is 0 Å². The predicted octanol–water partition coefficient (Wildman–Crippen LogP) is 15.3. The van der Waals surface area contributed by atoms with E-state index in [1.165, 1.54) is 66.9 Å². The van der Waals surface area contributed by atoms with Gasteiger partial charge >= 0.3 is 0 Å². The summed E-state index contributed by atoms with van der Waals surface area (Å²) in [4.78, 5) is 17.1. The van der Waals surface area contributed by atoms with Crippen molar-refractivity contribution in [1.82, 2.24) is 19.9 Å². The molecule has 4 aromatic heterocycles. The van der Waals surface area contributed by atoms with Crippen LogP contribution in [0.4, 0.5) is 0 Å². The smallest absolute Gasteiger partial charge is 0.0486 e. The Kier molecular flexibility index (Phi) is 19.1. The maximum Gasteiger partial charge on any atom is 0.0486 e. The molecule has 1 aromatic carbocycles. The number of rotatable bonds is 0. The summed E-state index contributed by atoms with van der Waals surface area (Å²) in [5, 5.41) is 0. The first-order chi connectivity index (χ1) is 26.7. The van der Waals surface area contributed by atoms with Crippen molar-refractivity contribution in [2.45, 2.75) is 193 Å². The van der Waals surface area contributed by atoms with Crippen molar-refractivity contribution < 1.29 is 0 Å². The van der Waals surface area contributed by atoms with Crippen LogP contribution in [0.2, 0.25) is 0 Å². The van der Waals surface area contributed by atoms with Crippen LogP contribution in [0.5, 0.6) is 0 Å². The largest absolute Gasteiger partial charge is 0.264 e. The lowest BCUT2D eigenvalue weighted by Gasteiger charge is -2.23. The molecule has 0 aliphatic carbocycles. The van der Waals surface area contributed by atoms with Crippen LogP contribution in [-0.4, -0.2) is 19.9 Å². The molecule has 0 saturated heterocycles. The highest BCUT2D eigenvalue weighted by Gasteiger charge is 2.21. The van der Waals surface area contributed by atoms with Crippen molar-refractivity contribution in [2.75, 3.05) is 0 Å². The summed E-state index contributed by atoms with van der Waals surface area (Å²) in [7, 11) is 0. The zero-order valence-electron chi connectivity index (χ0n) is 42.2. The first-order valence-corrected chi connectivity index (χ1v) is 21.5. The lowest BCUT2D eigenvalue weighted by Crippen LogP contribution is -2.15. The van der Waals surface area contributed by atoms with Gasteiger partial charge in [0.1, 0.15) is 0 Å². The van der Waals surface area contributed by atoms with Crippen LogP contribution in [0.25, 0.3) is 0 Å². The molecule has 324 valence electrons. The van der Waals surface area contributed by atoms with Gasteiger partial charge in [0.15, 0.2) is 0 Å². The summed E-state index contributed by atoms with van der Waals surface area (Å²) >= 11 is 0. The molecule has 5 aromatic rings. The van der Waals surface area contributed by atoms with Gasteiger partial charge in [-0.25, -0.2) is 0 Å². The predicted molar refractivity (Wildman–Crippen MR) is 260 cm³/mol. The third kappa shape index (κ3) is 16.8. The minimum Gasteiger partial charge on any atom is -0.264 e. The maximum atomic E-state index is 4.35. The van der Waals surface area contributed by atoms with E-state index >= 15 is 0 Å². The molecular weight excluding hydrogens is 717 g/mol. The highest BCUT2D eigenvalue weighted by molar-refractivity contribution is 5.39. The topological polar surface area (TPSA) is 51.6 Å². The first kappa shape index (κ1) is 52.8. The van der Waals surface area contributed by atoms with Gasteiger partial charge in [0.25, 0.3) is 0 Å². The Bertz CT molecular complexity index is 1740. The molecular formula is C55H84N4. The number of nitrogens with zero attached hydrogens (tertiary/aromatic N) is 4. The average Bonchev–Trinajstić information content (AvgIpc) is 3.03. The molecule has 0 saturated carbocycles. The fraction of sp³-hybridized carbons (Fsp3) is 0.527. The molecule has 4 nitrogen and oxygen atoms in total. The second-order valence-electron chi connectivity index (χ2n) is 21.5. The van der Waals surface area contributed by atoms with Crippen molar-refractivity contribution in [3.05, 3.63) is 152 Å². The van der Waals surface area contributed by atoms with Crippen LogP contribution in [-0.2, 0) is 27.1 Å². The first-order valence-electron chi connectivity index (χ1n) is 21.5. The van der Waals surface area contributed by atoms with Crippen molar-refractivity contribution in [2.24, 2.45) is 0 Å². The minimum absolute atomic E-state index is 0.172. The van der Waals surface area contributed by atoms with Gasteiger partial charge in [-0.2, -0.15) is 0 Å². The van der Waals surface area contributed by atoms with Crippen LogP contribution in [0, 0.1) is 62.3 Å². The number of benzene rings is 1. The second-order valence-corrected chi connectivity index (χ2v) is 21.5. The van der Waals surface area contributed by atoms with E-state index in [1.807, 2.05) is 37.1 Å². The van der Waals surface area contributed by atoms with E-state index in [0.717, 1.165) is 11.4 Å². The summed E-state index contributed by atoms with van der Waals surface area (Å²) in [6, 6.07) is 14.7. The zero-order chi connectivity index (χ0) is 45.9. The van der Waals surface area contributed by atoms with Crippen molar-refractivity contribution in [3.63, 3.8) is 0 Å². The van der Waals surface area contributed by atoms with Crippen LogP contribution in [0.1, 0.15) is 182 Å². The van der Waals surface area contributed by atoms with E-state index in [9.17, 15) is 0 Å². The van der Waals surface area contributed by atoms with Crippen LogP contribution < -0.4 is 0 Å². The van der Waals surface area contributed by atoms with Crippen molar-refractivity contribution in [3.8, 4) is 0 Å². The molecule has 0 fully saturated rings. The third-order valence-corrected chi connectivity index (χ3v) is 10.2. The molecule has 0 radical (unpaired) electrons. The molecule has 0 atom stereocenters. The van der Waals surface area contributed by atoms with Gasteiger partial charge in [-0.05, 0) is 163 Å². The number of pyridine rings is 4. The quantitative estimate of drug-likeness (QED) is 0.157. The maximum absolute atomic E-state index is 4.35. The molecule has 59 heavy (non-hydrogen) atoms. The number of aryl methyl sites for hydroxylation is 9. The number of aromatic nitrogens is 4. The normalized spacial score (nSPS) is 11.7. The highest BCUT2D eigenvalue weighted by atomic mass is 14.7. The van der Waals surface area contributed by atoms with Crippen LogP contribution in [0.3, 0.4) is 0 Å². The van der Waals surface area contributed by atoms with Gasteiger partial charge in [-0.1, -0.05) is 128 Å². The Morgan fingerprint density at radius 3 is 0.864 bits per heavy atom. The molecule has 5 rings (SSSR count). The summed E-state index contributed by atoms with van der Waals surface area (Å²) in [5.41, 5.74) is 19.6. The second kappa shape index (κ2) is 21.4. The monoisotopic (exact) mass is 801 g/mol. The third-order valence-electron chi connectivity index (χ3n) is 10.2. The summed E-state index contributed by atoms with van der Waals surface area (Å²) < 4.78 is 0. The molecule has 0 aliphatic rings. The summed E-state index contributed by atoms with van der Waals surface area (Å²) in [6.07, 6.45) is 9.48. The van der Waals surface area contributed by atoms with Gasteiger partial charge in [-0.15, -0.1) is 0 Å². The van der Waals surface area contributed by atoms with Crippen LogP contribution >= 0.6 is 0 Å². The Hall–Kier alpha value is -4.18. The van der Waals surface area contributed by atoms with Crippen molar-refractivity contribution >= 4 is 0 Å². The van der Waals surface area contributed by atoms with E-state index in [-0.39, 0.29) is 27.1 Å². The number of hydrogen-bond acceptors (Lipinski definition) is 4. The molecule has 4 heteroatoms. The van der Waals surface area contributed by atoms with Gasteiger partial charge in [0, 0.05) is 53.5 Å². The van der Waals surface area contributed by atoms with Crippen molar-refractivity contribution in [1.29, 1.82) is 0 Å². The Labute approximate surface area is 363 Å². The fourth-order valence-electron chi connectivity index (χ4n) is 8.81. The molecule has 0 spiro atoms. The van der Waals surface area contributed by atoms with Gasteiger partial charge in [0.2, 0.25) is 0 Å². The summed E-state index contributed by atoms with van der Waals surface area (Å²) in [5.74, 6) is 0. The molecule has 0 aliphatic heterocycles. The lowest BCUT2D eigenvalue weighted by molar-refractivity contribution is 0.564. The zero-order valence-corrected chi connectivity index (χ0v) is 42.2. The van der Waals surface area contributed by atoms with E-state index in [2.05, 4.69) is 223 Å². The van der Waals surface area contributed by atoms with Gasteiger partial charge in [0.05, 0.1) is 0 Å². The minimum atomic E-state index is 0.172. The van der Waals surface area contributed by atoms with E-state index < -0.39 is 0 Å². The molecule has 4 heterocycles. The SMILES string of the molecule is Cc1cccc(C)c1C(C)(C)C.Cc1cccnc1C(C)(C)C.Cc1ccnc(C)c1C(C)(C)C.Cc1ccnc(C)c1C(C)(C)C.Cc1cncc(C)c1C(C)(C)C. The molecule has 0 N–H and O–H groups in total. The Morgan fingerprint density at radius 2 is 0.627 bits per heavy atom. The van der Waals surface area contributed by atoms with E-state index in [0.29, 0.717) is 0 Å². The number of hydrogen-bond donors (Lipinski definition) is 0. The molecule has 0 unspecified atom stereocenters.